The van der Waals surface area contributed by atoms with Gasteiger partial charge in [-0.2, -0.15) is 0 Å². The van der Waals surface area contributed by atoms with Crippen LogP contribution in [0.1, 0.15) is 53.0 Å². The molecule has 0 radical (unpaired) electrons. The molecule has 1 N–H and O–H groups in total. The fraction of sp³-hybridized carbons (Fsp3) is 0.632. The first-order valence-electron chi connectivity index (χ1n) is 8.52. The van der Waals surface area contributed by atoms with Crippen molar-refractivity contribution in [2.24, 2.45) is 5.92 Å². The summed E-state index contributed by atoms with van der Waals surface area (Å²) in [5.41, 5.74) is 1.72. The molecular formula is C19H32N2O2. The fourth-order valence-electron chi connectivity index (χ4n) is 2.32. The summed E-state index contributed by atoms with van der Waals surface area (Å²) in [6.07, 6.45) is 2.04. The third-order valence-corrected chi connectivity index (χ3v) is 3.87. The second-order valence-electron chi connectivity index (χ2n) is 7.06. The van der Waals surface area contributed by atoms with E-state index in [4.69, 9.17) is 4.74 Å². The maximum absolute atomic E-state index is 12.1. The number of ether oxygens (including phenoxy) is 1. The highest BCUT2D eigenvalue weighted by atomic mass is 16.6. The van der Waals surface area contributed by atoms with Gasteiger partial charge in [-0.3, -0.25) is 0 Å². The average Bonchev–Trinajstić information content (AvgIpc) is 2.48. The van der Waals surface area contributed by atoms with Crippen molar-refractivity contribution in [2.45, 2.75) is 59.6 Å². The molecule has 0 atom stereocenters. The average molecular weight is 320 g/mol. The van der Waals surface area contributed by atoms with Crippen LogP contribution >= 0.6 is 0 Å². The predicted octanol–water partition coefficient (Wildman–Crippen LogP) is 4.90. The molecule has 1 amide bonds. The van der Waals surface area contributed by atoms with Gasteiger partial charge in [-0.1, -0.05) is 44.9 Å². The van der Waals surface area contributed by atoms with E-state index in [-0.39, 0.29) is 6.09 Å². The van der Waals surface area contributed by atoms with E-state index in [1.165, 1.54) is 12.8 Å². The summed E-state index contributed by atoms with van der Waals surface area (Å²) in [6.45, 7) is 11.6. The van der Waals surface area contributed by atoms with Crippen LogP contribution in [-0.4, -0.2) is 30.2 Å². The minimum atomic E-state index is -0.474. The summed E-state index contributed by atoms with van der Waals surface area (Å²) in [6, 6.07) is 8.14. The Morgan fingerprint density at radius 2 is 1.83 bits per heavy atom. The SMILES string of the molecule is CCC(CC)CNc1ccccc1CN(C)C(=O)OC(C)(C)C. The smallest absolute Gasteiger partial charge is 0.410 e. The quantitative estimate of drug-likeness (QED) is 0.777. The topological polar surface area (TPSA) is 41.6 Å². The van der Waals surface area contributed by atoms with E-state index in [1.54, 1.807) is 11.9 Å². The van der Waals surface area contributed by atoms with Gasteiger partial charge < -0.3 is 15.0 Å². The Morgan fingerprint density at radius 1 is 1.22 bits per heavy atom. The van der Waals surface area contributed by atoms with Crippen molar-refractivity contribution in [3.8, 4) is 0 Å². The van der Waals surface area contributed by atoms with Gasteiger partial charge in [-0.15, -0.1) is 0 Å². The molecule has 23 heavy (non-hydrogen) atoms. The van der Waals surface area contributed by atoms with E-state index in [1.807, 2.05) is 32.9 Å². The molecule has 0 aromatic heterocycles. The Bertz CT molecular complexity index is 490. The van der Waals surface area contributed by atoms with Crippen LogP contribution in [0.3, 0.4) is 0 Å². The largest absolute Gasteiger partial charge is 0.444 e. The molecule has 0 aliphatic heterocycles. The van der Waals surface area contributed by atoms with Crippen LogP contribution < -0.4 is 5.32 Å². The number of nitrogens with one attached hydrogen (secondary N) is 1. The molecular weight excluding hydrogens is 288 g/mol. The van der Waals surface area contributed by atoms with E-state index < -0.39 is 5.60 Å². The lowest BCUT2D eigenvalue weighted by atomic mass is 10.0. The molecule has 0 saturated carbocycles. The van der Waals surface area contributed by atoms with Crippen molar-refractivity contribution in [1.29, 1.82) is 0 Å². The number of hydrogen-bond donors (Lipinski definition) is 1. The number of hydrogen-bond acceptors (Lipinski definition) is 3. The second kappa shape index (κ2) is 8.80. The fourth-order valence-corrected chi connectivity index (χ4v) is 2.32. The van der Waals surface area contributed by atoms with Crippen LogP contribution in [-0.2, 0) is 11.3 Å². The van der Waals surface area contributed by atoms with Crippen molar-refractivity contribution in [2.75, 3.05) is 18.9 Å². The molecule has 1 aromatic carbocycles. The third kappa shape index (κ3) is 6.93. The number of anilines is 1. The number of para-hydroxylation sites is 1. The van der Waals surface area contributed by atoms with E-state index in [2.05, 4.69) is 31.3 Å². The second-order valence-corrected chi connectivity index (χ2v) is 7.06. The highest BCUT2D eigenvalue weighted by Crippen LogP contribution is 2.19. The Kier molecular flexibility index (Phi) is 7.40. The Labute approximate surface area is 141 Å². The normalized spacial score (nSPS) is 11.4. The molecule has 0 spiro atoms. The molecule has 0 aliphatic carbocycles. The van der Waals surface area contributed by atoms with Crippen LogP contribution in [0.15, 0.2) is 24.3 Å². The van der Waals surface area contributed by atoms with Gasteiger partial charge in [0.25, 0.3) is 0 Å². The highest BCUT2D eigenvalue weighted by molar-refractivity contribution is 5.68. The lowest BCUT2D eigenvalue weighted by Crippen LogP contribution is -2.34. The molecule has 1 rings (SSSR count). The van der Waals surface area contributed by atoms with Crippen molar-refractivity contribution >= 4 is 11.8 Å². The molecule has 0 unspecified atom stereocenters. The van der Waals surface area contributed by atoms with E-state index in [9.17, 15) is 4.79 Å². The van der Waals surface area contributed by atoms with Gasteiger partial charge in [0.15, 0.2) is 0 Å². The minimum absolute atomic E-state index is 0.299. The molecule has 0 bridgehead atoms. The molecule has 1 aromatic rings. The molecule has 130 valence electrons. The maximum Gasteiger partial charge on any atom is 0.410 e. The van der Waals surface area contributed by atoms with Gasteiger partial charge in [0.1, 0.15) is 5.60 Å². The van der Waals surface area contributed by atoms with Crippen molar-refractivity contribution in [3.63, 3.8) is 0 Å². The van der Waals surface area contributed by atoms with Crippen LogP contribution in [0.2, 0.25) is 0 Å². The zero-order chi connectivity index (χ0) is 17.5. The Morgan fingerprint density at radius 3 is 2.39 bits per heavy atom. The Balaban J connectivity index is 2.71. The zero-order valence-corrected chi connectivity index (χ0v) is 15.5. The Hall–Kier alpha value is -1.71. The van der Waals surface area contributed by atoms with Crippen LogP contribution in [0, 0.1) is 5.92 Å². The van der Waals surface area contributed by atoms with Crippen LogP contribution in [0.5, 0.6) is 0 Å². The number of nitrogens with zero attached hydrogens (tertiary/aromatic N) is 1. The first kappa shape index (κ1) is 19.3. The summed E-state index contributed by atoms with van der Waals surface area (Å²) < 4.78 is 5.41. The molecule has 0 saturated heterocycles. The number of carbonyl (C=O) groups excluding carboxylic acids is 1. The van der Waals surface area contributed by atoms with Crippen molar-refractivity contribution in [1.82, 2.24) is 4.90 Å². The molecule has 0 fully saturated rings. The minimum Gasteiger partial charge on any atom is -0.444 e. The van der Waals surface area contributed by atoms with Crippen molar-refractivity contribution < 1.29 is 9.53 Å². The summed E-state index contributed by atoms with van der Waals surface area (Å²) in [7, 11) is 1.77. The third-order valence-electron chi connectivity index (χ3n) is 3.87. The van der Waals surface area contributed by atoms with Crippen molar-refractivity contribution in [3.05, 3.63) is 29.8 Å². The summed E-state index contributed by atoms with van der Waals surface area (Å²) in [4.78, 5) is 13.7. The number of carbonyl (C=O) groups is 1. The summed E-state index contributed by atoms with van der Waals surface area (Å²) in [5.74, 6) is 0.673. The van der Waals surface area contributed by atoms with Crippen LogP contribution in [0.25, 0.3) is 0 Å². The van der Waals surface area contributed by atoms with Gasteiger partial charge >= 0.3 is 6.09 Å². The number of rotatable bonds is 7. The number of benzene rings is 1. The van der Waals surface area contributed by atoms with Gasteiger partial charge in [-0.25, -0.2) is 4.79 Å². The highest BCUT2D eigenvalue weighted by Gasteiger charge is 2.20. The van der Waals surface area contributed by atoms with Gasteiger partial charge in [0, 0.05) is 19.3 Å². The lowest BCUT2D eigenvalue weighted by molar-refractivity contribution is 0.0285. The summed E-state index contributed by atoms with van der Waals surface area (Å²) >= 11 is 0. The van der Waals surface area contributed by atoms with E-state index >= 15 is 0 Å². The van der Waals surface area contributed by atoms with Gasteiger partial charge in [0.2, 0.25) is 0 Å². The van der Waals surface area contributed by atoms with E-state index in [0.29, 0.717) is 12.5 Å². The molecule has 0 heterocycles. The van der Waals surface area contributed by atoms with Crippen LogP contribution in [0.4, 0.5) is 10.5 Å². The first-order chi connectivity index (χ1) is 10.8. The first-order valence-corrected chi connectivity index (χ1v) is 8.52. The molecule has 4 nitrogen and oxygen atoms in total. The monoisotopic (exact) mass is 320 g/mol. The molecule has 0 aliphatic rings. The number of amides is 1. The maximum atomic E-state index is 12.1. The van der Waals surface area contributed by atoms with Gasteiger partial charge in [-0.05, 0) is 38.3 Å². The van der Waals surface area contributed by atoms with E-state index in [0.717, 1.165) is 17.8 Å². The standard InChI is InChI=1S/C19H32N2O2/c1-7-15(8-2)13-20-17-12-10-9-11-16(17)14-21(6)18(22)23-19(3,4)5/h9-12,15,20H,7-8,13-14H2,1-6H3. The lowest BCUT2D eigenvalue weighted by Gasteiger charge is -2.25. The summed E-state index contributed by atoms with van der Waals surface area (Å²) in [5, 5.41) is 3.53. The predicted molar refractivity (Wildman–Crippen MR) is 96.7 cm³/mol. The molecule has 4 heteroatoms. The zero-order valence-electron chi connectivity index (χ0n) is 15.5. The van der Waals surface area contributed by atoms with Gasteiger partial charge in [0.05, 0.1) is 6.54 Å².